The standard InChI is InChI=1S/C17H22N2O3S3/c1-13-11-15(24-12-13)17(20)18-8-7-14-5-2-3-9-19(14)25(21,22)16-6-4-10-23-16/h4,6,10-12,14H,2-3,5,7-9H2,1H3,(H,18,20). The molecule has 1 atom stereocenters. The second-order valence-corrected chi connectivity index (χ2v) is 10.2. The van der Waals surface area contributed by atoms with Crippen LogP contribution in [0.15, 0.2) is 33.2 Å². The lowest BCUT2D eigenvalue weighted by atomic mass is 10.0. The Balaban J connectivity index is 1.61. The van der Waals surface area contributed by atoms with Gasteiger partial charge in [-0.2, -0.15) is 4.31 Å². The van der Waals surface area contributed by atoms with Crippen molar-refractivity contribution in [3.8, 4) is 0 Å². The molecular formula is C17H22N2O3S3. The molecule has 0 spiro atoms. The van der Waals surface area contributed by atoms with Gasteiger partial charge in [0.2, 0.25) is 0 Å². The number of nitrogens with one attached hydrogen (secondary N) is 1. The van der Waals surface area contributed by atoms with Gasteiger partial charge in [-0.25, -0.2) is 8.42 Å². The number of hydrogen-bond donors (Lipinski definition) is 1. The van der Waals surface area contributed by atoms with Gasteiger partial charge in [0.1, 0.15) is 4.21 Å². The van der Waals surface area contributed by atoms with E-state index in [9.17, 15) is 13.2 Å². The van der Waals surface area contributed by atoms with E-state index < -0.39 is 10.0 Å². The van der Waals surface area contributed by atoms with E-state index in [-0.39, 0.29) is 11.9 Å². The molecule has 3 rings (SSSR count). The van der Waals surface area contributed by atoms with Gasteiger partial charge in [-0.15, -0.1) is 22.7 Å². The molecule has 2 aromatic rings. The number of carbonyl (C=O) groups excluding carboxylic acids is 1. The van der Waals surface area contributed by atoms with Gasteiger partial charge in [0, 0.05) is 19.1 Å². The summed E-state index contributed by atoms with van der Waals surface area (Å²) < 4.78 is 27.7. The molecule has 0 radical (unpaired) electrons. The molecule has 1 saturated heterocycles. The fourth-order valence-corrected chi connectivity index (χ4v) is 6.75. The lowest BCUT2D eigenvalue weighted by molar-refractivity contribution is 0.0953. The van der Waals surface area contributed by atoms with Crippen LogP contribution in [0.25, 0.3) is 0 Å². The monoisotopic (exact) mass is 398 g/mol. The Hall–Kier alpha value is -1.22. The van der Waals surface area contributed by atoms with Crippen molar-refractivity contribution in [1.29, 1.82) is 0 Å². The zero-order valence-corrected chi connectivity index (χ0v) is 16.6. The minimum atomic E-state index is -3.43. The van der Waals surface area contributed by atoms with Crippen LogP contribution in [0.1, 0.15) is 40.9 Å². The minimum absolute atomic E-state index is 0.0498. The van der Waals surface area contributed by atoms with Gasteiger partial charge in [0.05, 0.1) is 4.88 Å². The first kappa shape index (κ1) is 18.6. The molecule has 3 heterocycles. The van der Waals surface area contributed by atoms with Gasteiger partial charge in [-0.05, 0) is 54.6 Å². The number of carbonyl (C=O) groups is 1. The molecule has 1 fully saturated rings. The summed E-state index contributed by atoms with van der Waals surface area (Å²) >= 11 is 2.69. The van der Waals surface area contributed by atoms with Gasteiger partial charge < -0.3 is 5.32 Å². The quantitative estimate of drug-likeness (QED) is 0.810. The van der Waals surface area contributed by atoms with Crippen LogP contribution in [0.4, 0.5) is 0 Å². The van der Waals surface area contributed by atoms with Crippen molar-refractivity contribution in [3.63, 3.8) is 0 Å². The van der Waals surface area contributed by atoms with Crippen LogP contribution >= 0.6 is 22.7 Å². The van der Waals surface area contributed by atoms with Crippen molar-refractivity contribution in [1.82, 2.24) is 9.62 Å². The van der Waals surface area contributed by atoms with E-state index in [2.05, 4.69) is 5.32 Å². The molecule has 25 heavy (non-hydrogen) atoms. The Kier molecular flexibility index (Phi) is 5.93. The normalized spacial score (nSPS) is 19.0. The zero-order valence-electron chi connectivity index (χ0n) is 14.1. The first-order chi connectivity index (χ1) is 12.0. The van der Waals surface area contributed by atoms with Gasteiger partial charge in [0.25, 0.3) is 15.9 Å². The molecule has 1 N–H and O–H groups in total. The highest BCUT2D eigenvalue weighted by Crippen LogP contribution is 2.29. The van der Waals surface area contributed by atoms with Crippen LogP contribution in [0.2, 0.25) is 0 Å². The highest BCUT2D eigenvalue weighted by molar-refractivity contribution is 7.91. The number of nitrogens with zero attached hydrogens (tertiary/aromatic N) is 1. The summed E-state index contributed by atoms with van der Waals surface area (Å²) in [6.45, 7) is 3.00. The minimum Gasteiger partial charge on any atom is -0.351 e. The van der Waals surface area contributed by atoms with Gasteiger partial charge >= 0.3 is 0 Å². The van der Waals surface area contributed by atoms with Crippen LogP contribution in [-0.4, -0.2) is 37.8 Å². The summed E-state index contributed by atoms with van der Waals surface area (Å²) in [5.41, 5.74) is 1.08. The molecule has 1 unspecified atom stereocenters. The highest BCUT2D eigenvalue weighted by Gasteiger charge is 2.33. The first-order valence-electron chi connectivity index (χ1n) is 8.37. The lowest BCUT2D eigenvalue weighted by Gasteiger charge is -2.34. The van der Waals surface area contributed by atoms with Crippen LogP contribution in [0.5, 0.6) is 0 Å². The van der Waals surface area contributed by atoms with Crippen molar-refractivity contribution >= 4 is 38.6 Å². The van der Waals surface area contributed by atoms with Crippen molar-refractivity contribution in [2.45, 2.75) is 42.9 Å². The summed E-state index contributed by atoms with van der Waals surface area (Å²) in [4.78, 5) is 12.8. The van der Waals surface area contributed by atoms with Crippen LogP contribution < -0.4 is 5.32 Å². The molecule has 0 aromatic carbocycles. The summed E-state index contributed by atoms with van der Waals surface area (Å²) in [7, 11) is -3.43. The van der Waals surface area contributed by atoms with Gasteiger partial charge in [-0.3, -0.25) is 4.79 Å². The molecule has 0 bridgehead atoms. The third-order valence-corrected chi connectivity index (χ3v) is 8.72. The van der Waals surface area contributed by atoms with Crippen molar-refractivity contribution in [2.75, 3.05) is 13.1 Å². The van der Waals surface area contributed by atoms with E-state index in [1.807, 2.05) is 18.4 Å². The topological polar surface area (TPSA) is 66.5 Å². The number of piperidine rings is 1. The Bertz CT molecular complexity index is 812. The fourth-order valence-electron chi connectivity index (χ4n) is 3.09. The Morgan fingerprint density at radius 2 is 2.20 bits per heavy atom. The molecule has 2 aromatic heterocycles. The molecule has 1 amide bonds. The fraction of sp³-hybridized carbons (Fsp3) is 0.471. The number of hydrogen-bond acceptors (Lipinski definition) is 5. The van der Waals surface area contributed by atoms with Crippen molar-refractivity contribution in [2.24, 2.45) is 0 Å². The second-order valence-electron chi connectivity index (χ2n) is 6.23. The highest BCUT2D eigenvalue weighted by atomic mass is 32.2. The number of sulfonamides is 1. The molecule has 136 valence electrons. The van der Waals surface area contributed by atoms with Gasteiger partial charge in [-0.1, -0.05) is 12.5 Å². The van der Waals surface area contributed by atoms with Crippen molar-refractivity contribution in [3.05, 3.63) is 39.4 Å². The molecule has 1 aliphatic rings. The average molecular weight is 399 g/mol. The first-order valence-corrected chi connectivity index (χ1v) is 11.6. The molecule has 0 aliphatic carbocycles. The zero-order chi connectivity index (χ0) is 17.9. The van der Waals surface area contributed by atoms with Crippen LogP contribution in [0.3, 0.4) is 0 Å². The van der Waals surface area contributed by atoms with E-state index in [4.69, 9.17) is 0 Å². The average Bonchev–Trinajstić information content (AvgIpc) is 3.27. The summed E-state index contributed by atoms with van der Waals surface area (Å²) in [6.07, 6.45) is 3.40. The molecule has 1 aliphatic heterocycles. The maximum Gasteiger partial charge on any atom is 0.261 e. The van der Waals surface area contributed by atoms with E-state index in [0.717, 1.165) is 24.8 Å². The predicted molar refractivity (Wildman–Crippen MR) is 102 cm³/mol. The van der Waals surface area contributed by atoms with Gasteiger partial charge in [0.15, 0.2) is 0 Å². The third-order valence-electron chi connectivity index (χ3n) is 4.35. The van der Waals surface area contributed by atoms with E-state index in [1.165, 1.54) is 22.7 Å². The molecule has 8 heteroatoms. The second kappa shape index (κ2) is 7.99. The van der Waals surface area contributed by atoms with Crippen LogP contribution in [-0.2, 0) is 10.0 Å². The number of rotatable bonds is 6. The molecular weight excluding hydrogens is 376 g/mol. The van der Waals surface area contributed by atoms with E-state index in [0.29, 0.717) is 28.6 Å². The SMILES string of the molecule is Cc1csc(C(=O)NCCC2CCCCN2S(=O)(=O)c2cccs2)c1. The van der Waals surface area contributed by atoms with Crippen LogP contribution in [0, 0.1) is 6.92 Å². The maximum absolute atomic E-state index is 12.8. The number of aryl methyl sites for hydroxylation is 1. The summed E-state index contributed by atoms with van der Waals surface area (Å²) in [5, 5.41) is 6.66. The smallest absolute Gasteiger partial charge is 0.261 e. The Morgan fingerprint density at radius 3 is 2.88 bits per heavy atom. The van der Waals surface area contributed by atoms with Crippen molar-refractivity contribution < 1.29 is 13.2 Å². The largest absolute Gasteiger partial charge is 0.351 e. The molecule has 0 saturated carbocycles. The number of thiophene rings is 2. The van der Waals surface area contributed by atoms with E-state index >= 15 is 0 Å². The lowest BCUT2D eigenvalue weighted by Crippen LogP contribution is -2.44. The predicted octanol–water partition coefficient (Wildman–Crippen LogP) is 3.48. The Morgan fingerprint density at radius 1 is 1.36 bits per heavy atom. The Labute approximate surface area is 156 Å². The maximum atomic E-state index is 12.8. The third kappa shape index (κ3) is 4.31. The summed E-state index contributed by atoms with van der Waals surface area (Å²) in [6, 6.07) is 5.24. The summed E-state index contributed by atoms with van der Waals surface area (Å²) in [5.74, 6) is -0.0819. The van der Waals surface area contributed by atoms with E-state index in [1.54, 1.807) is 21.8 Å². The molecule has 5 nitrogen and oxygen atoms in total. The number of amides is 1.